The molecule has 366 valence electrons. The van der Waals surface area contributed by atoms with Gasteiger partial charge in [-0.1, -0.05) is 141 Å². The predicted molar refractivity (Wildman–Crippen MR) is 279 cm³/mol. The van der Waals surface area contributed by atoms with Gasteiger partial charge in [0.25, 0.3) is 0 Å². The lowest BCUT2D eigenvalue weighted by molar-refractivity contribution is -0.157. The van der Waals surface area contributed by atoms with E-state index in [2.05, 4.69) is 27.7 Å². The van der Waals surface area contributed by atoms with Crippen LogP contribution in [0.15, 0.2) is 130 Å². The van der Waals surface area contributed by atoms with Gasteiger partial charge in [0, 0.05) is 12.8 Å². The van der Waals surface area contributed by atoms with Crippen LogP contribution in [0.5, 0.6) is 0 Å². The van der Waals surface area contributed by atoms with Crippen LogP contribution in [0.1, 0.15) is 114 Å². The van der Waals surface area contributed by atoms with E-state index in [9.17, 15) is 19.2 Å². The summed E-state index contributed by atoms with van der Waals surface area (Å²) in [5.41, 5.74) is 29.5. The first-order chi connectivity index (χ1) is 28.6. The fourth-order valence-corrected chi connectivity index (χ4v) is 7.29. The number of carbonyl (C=O) groups is 4. The third-order valence-corrected chi connectivity index (χ3v) is 11.1. The maximum Gasteiger partial charge on any atom is 0.323 e. The van der Waals surface area contributed by atoms with Crippen molar-refractivity contribution in [2.24, 2.45) is 33.8 Å². The number of Topliss-reactive ketones (excluding diaryl/α,β-unsaturated/α-hetero) is 2. The molecule has 0 spiro atoms. The number of unbranched alkanes of at least 4 members (excludes halogenated alkanes) is 1. The Kier molecular flexibility index (Phi) is 32.5. The zero-order valence-electron chi connectivity index (χ0n) is 40.1. The molecule has 0 radical (unpaired) electrons. The molecule has 0 aromatic carbocycles. The van der Waals surface area contributed by atoms with Gasteiger partial charge in [-0.2, -0.15) is 0 Å². The highest BCUT2D eigenvalue weighted by Crippen LogP contribution is 2.42. The van der Waals surface area contributed by atoms with E-state index < -0.39 is 36.2 Å². The molecule has 0 fully saturated rings. The van der Waals surface area contributed by atoms with Crippen LogP contribution >= 0.6 is 49.6 Å². The van der Waals surface area contributed by atoms with E-state index >= 15 is 0 Å². The van der Waals surface area contributed by atoms with Crippen LogP contribution in [-0.2, 0) is 28.7 Å². The quantitative estimate of drug-likeness (QED) is 0.0489. The third kappa shape index (κ3) is 22.2. The third-order valence-electron chi connectivity index (χ3n) is 11.1. The van der Waals surface area contributed by atoms with E-state index in [1.807, 2.05) is 113 Å². The molecular weight excluding hydrogens is 906 g/mol. The van der Waals surface area contributed by atoms with Crippen LogP contribution in [0, 0.1) is 10.8 Å². The standard InChI is InChI=1S/C51H74N4O6.4ClH/c1-34(20-15-22-36(3)26-28-40-38(5)46(56)44(32-50(40,7)8)60-48(58)42(54)24-13-14-30-52)18-11-12-19-35(2)21-16-23-37(4)27-29-41-39(6)47(57)45(33-51(41,9)10)61-49(59)43(55)25-17-31-53;;;;/h11-12,15-16,18-23,26-29,42-45H,13-14,17,24-25,30-33,52-55H2,1-10H3;4*1H/b12-11+,20-15+,21-16+,28-26+,29-27+,34-18+,35-19+,36-22+,37-23+;;;;. The van der Waals surface area contributed by atoms with E-state index in [1.54, 1.807) is 13.8 Å². The lowest BCUT2D eigenvalue weighted by atomic mass is 9.71. The average molecular weight is 985 g/mol. The largest absolute Gasteiger partial charge is 0.453 e. The number of halogens is 4. The van der Waals surface area contributed by atoms with E-state index in [4.69, 9.17) is 32.4 Å². The minimum atomic E-state index is -0.845. The van der Waals surface area contributed by atoms with Crippen molar-refractivity contribution in [3.63, 3.8) is 0 Å². The zero-order chi connectivity index (χ0) is 45.9. The second kappa shape index (κ2) is 32.2. The monoisotopic (exact) mass is 982 g/mol. The van der Waals surface area contributed by atoms with Crippen molar-refractivity contribution in [2.75, 3.05) is 13.1 Å². The van der Waals surface area contributed by atoms with Gasteiger partial charge in [0.2, 0.25) is 0 Å². The molecule has 10 nitrogen and oxygen atoms in total. The first kappa shape index (κ1) is 65.7. The summed E-state index contributed by atoms with van der Waals surface area (Å²) in [5, 5.41) is 0. The normalized spacial score (nSPS) is 20.5. The number of allylic oxidation sites excluding steroid dienone is 20. The maximum absolute atomic E-state index is 13.2. The summed E-state index contributed by atoms with van der Waals surface area (Å²) in [5.74, 6) is -1.47. The Morgan fingerprint density at radius 2 is 0.892 bits per heavy atom. The van der Waals surface area contributed by atoms with Crippen molar-refractivity contribution in [3.05, 3.63) is 130 Å². The molecule has 2 rings (SSSR count). The number of ether oxygens (including phenoxy) is 2. The number of nitrogens with two attached hydrogens (primary N) is 4. The highest BCUT2D eigenvalue weighted by Gasteiger charge is 2.41. The molecule has 0 saturated carbocycles. The Labute approximate surface area is 414 Å². The molecule has 2 aliphatic rings. The molecule has 0 aliphatic heterocycles. The molecule has 0 heterocycles. The highest BCUT2D eigenvalue weighted by atomic mass is 35.5. The van der Waals surface area contributed by atoms with E-state index in [0.29, 0.717) is 56.3 Å². The Bertz CT molecular complexity index is 1950. The SMILES string of the molecule is CC1=C(/C=C/C(C)=C/C=C/C(C)=C/C=C/C=C(C)/C=C/C=C(C)/C=C/C2=C(C)C(=O)C(OC(=O)C(N)CCCCN)CC2(C)C)C(C)(C)CC(OC(=O)C(N)CCCN)C1=O.Cl.Cl.Cl.Cl. The van der Waals surface area contributed by atoms with Gasteiger partial charge < -0.3 is 32.4 Å². The lowest BCUT2D eigenvalue weighted by Crippen LogP contribution is -2.42. The van der Waals surface area contributed by atoms with Crippen molar-refractivity contribution < 1.29 is 28.7 Å². The predicted octanol–water partition coefficient (Wildman–Crippen LogP) is 10.2. The molecule has 4 unspecified atom stereocenters. The number of ketones is 2. The first-order valence-electron chi connectivity index (χ1n) is 21.6. The smallest absolute Gasteiger partial charge is 0.323 e. The molecule has 0 aromatic heterocycles. The van der Waals surface area contributed by atoms with Gasteiger partial charge in [-0.15, -0.1) is 49.6 Å². The summed E-state index contributed by atoms with van der Waals surface area (Å²) >= 11 is 0. The summed E-state index contributed by atoms with van der Waals surface area (Å²) in [6.07, 6.45) is 30.3. The second-order valence-corrected chi connectivity index (χ2v) is 17.7. The molecule has 0 amide bonds. The Balaban J connectivity index is -0.00000961. The molecule has 65 heavy (non-hydrogen) atoms. The fraction of sp³-hybridized carbons (Fsp3) is 0.490. The molecule has 0 aromatic rings. The molecule has 0 saturated heterocycles. The van der Waals surface area contributed by atoms with E-state index in [0.717, 1.165) is 46.3 Å². The van der Waals surface area contributed by atoms with Gasteiger partial charge in [-0.25, -0.2) is 0 Å². The Morgan fingerprint density at radius 3 is 1.25 bits per heavy atom. The maximum atomic E-state index is 13.2. The van der Waals surface area contributed by atoms with Crippen LogP contribution in [0.3, 0.4) is 0 Å². The molecule has 8 N–H and O–H groups in total. The molecular formula is C51H78Cl4N4O6. The average Bonchev–Trinajstić information content (AvgIpc) is 3.19. The first-order valence-corrected chi connectivity index (χ1v) is 21.6. The number of hydrogen-bond donors (Lipinski definition) is 4. The minimum absolute atomic E-state index is 0. The highest BCUT2D eigenvalue weighted by molar-refractivity contribution is 6.02. The Morgan fingerprint density at radius 1 is 0.569 bits per heavy atom. The van der Waals surface area contributed by atoms with Crippen molar-refractivity contribution in [3.8, 4) is 0 Å². The summed E-state index contributed by atoms with van der Waals surface area (Å²) in [6, 6.07) is -1.55. The molecule has 4 atom stereocenters. The lowest BCUT2D eigenvalue weighted by Gasteiger charge is -2.36. The minimum Gasteiger partial charge on any atom is -0.453 e. The molecule has 14 heteroatoms. The van der Waals surface area contributed by atoms with E-state index in [1.165, 1.54) is 0 Å². The van der Waals surface area contributed by atoms with E-state index in [-0.39, 0.29) is 72.0 Å². The number of rotatable bonds is 21. The van der Waals surface area contributed by atoms with Crippen molar-refractivity contribution in [1.82, 2.24) is 0 Å². The van der Waals surface area contributed by atoms with Gasteiger partial charge in [-0.05, 0) is 113 Å². The van der Waals surface area contributed by atoms with Crippen LogP contribution in [0.4, 0.5) is 0 Å². The van der Waals surface area contributed by atoms with Crippen LogP contribution < -0.4 is 22.9 Å². The van der Waals surface area contributed by atoms with Gasteiger partial charge in [0.05, 0.1) is 0 Å². The summed E-state index contributed by atoms with van der Waals surface area (Å²) in [7, 11) is 0. The van der Waals surface area contributed by atoms with Crippen molar-refractivity contribution >= 4 is 73.1 Å². The zero-order valence-corrected chi connectivity index (χ0v) is 43.4. The van der Waals surface area contributed by atoms with Gasteiger partial charge in [0.15, 0.2) is 23.8 Å². The van der Waals surface area contributed by atoms with Crippen LogP contribution in [-0.4, -0.2) is 60.9 Å². The summed E-state index contributed by atoms with van der Waals surface area (Å²) in [4.78, 5) is 51.4. The second-order valence-electron chi connectivity index (χ2n) is 17.7. The number of esters is 2. The van der Waals surface area contributed by atoms with Gasteiger partial charge in [0.1, 0.15) is 12.1 Å². The Hall–Kier alpha value is -3.58. The van der Waals surface area contributed by atoms with Gasteiger partial charge >= 0.3 is 11.9 Å². The summed E-state index contributed by atoms with van der Waals surface area (Å²) < 4.78 is 11.2. The van der Waals surface area contributed by atoms with Crippen molar-refractivity contribution in [1.29, 1.82) is 0 Å². The van der Waals surface area contributed by atoms with Crippen LogP contribution in [0.2, 0.25) is 0 Å². The molecule has 2 aliphatic carbocycles. The topological polar surface area (TPSA) is 191 Å². The number of carbonyl (C=O) groups excluding carboxylic acids is 4. The fourth-order valence-electron chi connectivity index (χ4n) is 7.29. The summed E-state index contributed by atoms with van der Waals surface area (Å²) in [6.45, 7) is 20.9. The molecule has 0 bridgehead atoms. The van der Waals surface area contributed by atoms with Crippen LogP contribution in [0.25, 0.3) is 0 Å². The number of hydrogen-bond acceptors (Lipinski definition) is 10. The van der Waals surface area contributed by atoms with Gasteiger partial charge in [-0.3, -0.25) is 19.2 Å². The van der Waals surface area contributed by atoms with Crippen molar-refractivity contribution in [2.45, 2.75) is 138 Å².